The molecule has 2 heterocycles. The average molecular weight is 354 g/mol. The van der Waals surface area contributed by atoms with Crippen molar-refractivity contribution in [1.82, 2.24) is 0 Å². The van der Waals surface area contributed by atoms with E-state index < -0.39 is 0 Å². The molecule has 136 valence electrons. The van der Waals surface area contributed by atoms with E-state index in [0.717, 1.165) is 33.9 Å². The van der Waals surface area contributed by atoms with E-state index >= 15 is 0 Å². The first kappa shape index (κ1) is 16.6. The first-order valence-electron chi connectivity index (χ1n) is 8.62. The van der Waals surface area contributed by atoms with Crippen LogP contribution in [0.5, 0.6) is 28.7 Å². The minimum Gasteiger partial charge on any atom is -0.493 e. The van der Waals surface area contributed by atoms with E-state index in [4.69, 9.17) is 23.7 Å². The summed E-state index contributed by atoms with van der Waals surface area (Å²) in [6, 6.07) is 7.97. The van der Waals surface area contributed by atoms with Crippen molar-refractivity contribution in [3.8, 4) is 28.7 Å². The molecule has 5 heteroatoms. The number of fused-ring (bicyclic) bond motifs is 2. The number of rotatable bonds is 5. The van der Waals surface area contributed by atoms with Crippen molar-refractivity contribution in [1.29, 1.82) is 0 Å². The van der Waals surface area contributed by atoms with E-state index in [1.165, 1.54) is 0 Å². The van der Waals surface area contributed by atoms with Gasteiger partial charge < -0.3 is 23.7 Å². The van der Waals surface area contributed by atoms with Gasteiger partial charge in [0.15, 0.2) is 23.0 Å². The smallest absolute Gasteiger partial charge is 0.231 e. The molecular weight excluding hydrogens is 332 g/mol. The van der Waals surface area contributed by atoms with E-state index in [1.807, 2.05) is 30.3 Å². The molecule has 2 aliphatic rings. The molecule has 0 saturated heterocycles. The quantitative estimate of drug-likeness (QED) is 0.745. The van der Waals surface area contributed by atoms with Crippen LogP contribution in [-0.2, 0) is 6.42 Å². The van der Waals surface area contributed by atoms with E-state index in [9.17, 15) is 0 Å². The fraction of sp³-hybridized carbons (Fsp3) is 0.333. The van der Waals surface area contributed by atoms with Crippen molar-refractivity contribution in [3.05, 3.63) is 53.6 Å². The van der Waals surface area contributed by atoms with Crippen LogP contribution in [0, 0.1) is 0 Å². The van der Waals surface area contributed by atoms with Crippen LogP contribution in [0.3, 0.4) is 0 Å². The second kappa shape index (κ2) is 6.48. The van der Waals surface area contributed by atoms with E-state index in [1.54, 1.807) is 14.2 Å². The molecule has 5 nitrogen and oxygen atoms in total. The molecule has 0 amide bonds. The molecule has 0 bridgehead atoms. The molecule has 0 fully saturated rings. The first-order valence-corrected chi connectivity index (χ1v) is 8.62. The number of methoxy groups -OCH3 is 2. The lowest BCUT2D eigenvalue weighted by Gasteiger charge is -2.17. The SMILES string of the molecule is C=CCc1c(OC)c(OC)cc2c1O[C@H](c1ccc3c(c1)OCO3)[C@H]2C. The number of benzene rings is 2. The van der Waals surface area contributed by atoms with Crippen molar-refractivity contribution in [2.75, 3.05) is 21.0 Å². The zero-order valence-corrected chi connectivity index (χ0v) is 15.2. The highest BCUT2D eigenvalue weighted by Gasteiger charge is 2.37. The van der Waals surface area contributed by atoms with Crippen LogP contribution in [0.15, 0.2) is 36.9 Å². The summed E-state index contributed by atoms with van der Waals surface area (Å²) in [4.78, 5) is 0. The summed E-state index contributed by atoms with van der Waals surface area (Å²) >= 11 is 0. The topological polar surface area (TPSA) is 46.2 Å². The number of hydrogen-bond donors (Lipinski definition) is 0. The van der Waals surface area contributed by atoms with Gasteiger partial charge in [-0.15, -0.1) is 6.58 Å². The summed E-state index contributed by atoms with van der Waals surface area (Å²) in [6.07, 6.45) is 2.38. The number of allylic oxidation sites excluding steroid dienone is 1. The minimum atomic E-state index is -0.111. The molecule has 2 aromatic rings. The van der Waals surface area contributed by atoms with Gasteiger partial charge in [-0.2, -0.15) is 0 Å². The molecule has 2 aliphatic heterocycles. The van der Waals surface area contributed by atoms with Gasteiger partial charge in [0.2, 0.25) is 6.79 Å². The van der Waals surface area contributed by atoms with Crippen molar-refractivity contribution < 1.29 is 23.7 Å². The predicted molar refractivity (Wildman–Crippen MR) is 97.8 cm³/mol. The largest absolute Gasteiger partial charge is 0.493 e. The summed E-state index contributed by atoms with van der Waals surface area (Å²) in [7, 11) is 3.29. The molecule has 0 aliphatic carbocycles. The summed E-state index contributed by atoms with van der Waals surface area (Å²) < 4.78 is 28.5. The van der Waals surface area contributed by atoms with Crippen LogP contribution in [0.4, 0.5) is 0 Å². The van der Waals surface area contributed by atoms with E-state index in [-0.39, 0.29) is 18.8 Å². The van der Waals surface area contributed by atoms with Gasteiger partial charge in [0, 0.05) is 17.0 Å². The Balaban J connectivity index is 1.78. The van der Waals surface area contributed by atoms with Gasteiger partial charge in [-0.1, -0.05) is 19.1 Å². The van der Waals surface area contributed by atoms with Gasteiger partial charge in [-0.3, -0.25) is 0 Å². The molecule has 0 saturated carbocycles. The van der Waals surface area contributed by atoms with Gasteiger partial charge in [-0.25, -0.2) is 0 Å². The Morgan fingerprint density at radius 1 is 1.15 bits per heavy atom. The number of ether oxygens (including phenoxy) is 5. The summed E-state index contributed by atoms with van der Waals surface area (Å²) in [5.74, 6) is 3.96. The lowest BCUT2D eigenvalue weighted by atomic mass is 9.91. The molecule has 0 N–H and O–H groups in total. The third-order valence-corrected chi connectivity index (χ3v) is 5.01. The van der Waals surface area contributed by atoms with E-state index in [2.05, 4.69) is 13.5 Å². The normalized spacial score (nSPS) is 19.7. The maximum Gasteiger partial charge on any atom is 0.231 e. The van der Waals surface area contributed by atoms with Crippen LogP contribution in [-0.4, -0.2) is 21.0 Å². The van der Waals surface area contributed by atoms with Crippen LogP contribution < -0.4 is 23.7 Å². The monoisotopic (exact) mass is 354 g/mol. The molecule has 0 spiro atoms. The second-order valence-corrected chi connectivity index (χ2v) is 6.44. The van der Waals surface area contributed by atoms with E-state index in [0.29, 0.717) is 17.9 Å². The lowest BCUT2D eigenvalue weighted by Crippen LogP contribution is -2.07. The molecule has 4 rings (SSSR count). The van der Waals surface area contributed by atoms with Gasteiger partial charge in [0.05, 0.1) is 14.2 Å². The Morgan fingerprint density at radius 3 is 2.69 bits per heavy atom. The standard InChI is InChI=1S/C21H22O5/c1-5-6-14-20-15(10-18(22-3)21(14)23-4)12(2)19(26-20)13-7-8-16-17(9-13)25-11-24-16/h5,7-10,12,19H,1,6,11H2,2-4H3/t12-,19-/m0/s1. The molecule has 26 heavy (non-hydrogen) atoms. The Morgan fingerprint density at radius 2 is 1.96 bits per heavy atom. The van der Waals surface area contributed by atoms with Crippen LogP contribution in [0.25, 0.3) is 0 Å². The highest BCUT2D eigenvalue weighted by molar-refractivity contribution is 5.62. The first-order chi connectivity index (χ1) is 12.7. The van der Waals surface area contributed by atoms with Crippen LogP contribution in [0.1, 0.15) is 35.6 Å². The molecule has 0 radical (unpaired) electrons. The van der Waals surface area contributed by atoms with Gasteiger partial charge >= 0.3 is 0 Å². The lowest BCUT2D eigenvalue weighted by molar-refractivity contribution is 0.173. The van der Waals surface area contributed by atoms with Gasteiger partial charge in [-0.05, 0) is 30.2 Å². The van der Waals surface area contributed by atoms with Gasteiger partial charge in [0.25, 0.3) is 0 Å². The summed E-state index contributed by atoms with van der Waals surface area (Å²) in [5, 5.41) is 0. The summed E-state index contributed by atoms with van der Waals surface area (Å²) in [6.45, 7) is 6.28. The maximum absolute atomic E-state index is 6.41. The molecule has 2 aromatic carbocycles. The third-order valence-electron chi connectivity index (χ3n) is 5.01. The fourth-order valence-electron chi connectivity index (χ4n) is 3.72. The Labute approximate surface area is 153 Å². The summed E-state index contributed by atoms with van der Waals surface area (Å²) in [5.41, 5.74) is 3.13. The zero-order chi connectivity index (χ0) is 18.3. The Kier molecular flexibility index (Phi) is 4.15. The Hall–Kier alpha value is -2.82. The van der Waals surface area contributed by atoms with Crippen molar-refractivity contribution in [3.63, 3.8) is 0 Å². The fourth-order valence-corrected chi connectivity index (χ4v) is 3.72. The number of hydrogen-bond acceptors (Lipinski definition) is 5. The predicted octanol–water partition coefficient (Wildman–Crippen LogP) is 4.40. The van der Waals surface area contributed by atoms with Crippen molar-refractivity contribution >= 4 is 0 Å². The van der Waals surface area contributed by atoms with Crippen molar-refractivity contribution in [2.24, 2.45) is 0 Å². The average Bonchev–Trinajstić information content (AvgIpc) is 3.25. The third kappa shape index (κ3) is 2.46. The van der Waals surface area contributed by atoms with Crippen LogP contribution >= 0.6 is 0 Å². The minimum absolute atomic E-state index is 0.111. The molecule has 2 atom stereocenters. The highest BCUT2D eigenvalue weighted by atomic mass is 16.7. The molecular formula is C21H22O5. The zero-order valence-electron chi connectivity index (χ0n) is 15.2. The molecule has 0 aromatic heterocycles. The van der Waals surface area contributed by atoms with Crippen LogP contribution in [0.2, 0.25) is 0 Å². The highest BCUT2D eigenvalue weighted by Crippen LogP contribution is 2.53. The molecule has 0 unspecified atom stereocenters. The maximum atomic E-state index is 6.41. The van der Waals surface area contributed by atoms with Crippen molar-refractivity contribution in [2.45, 2.75) is 25.4 Å². The van der Waals surface area contributed by atoms with Gasteiger partial charge in [0.1, 0.15) is 11.9 Å². The Bertz CT molecular complexity index is 858. The second-order valence-electron chi connectivity index (χ2n) is 6.44.